The monoisotopic (exact) mass is 415 g/mol. The van der Waals surface area contributed by atoms with Crippen LogP contribution in [0.15, 0.2) is 24.3 Å². The molecule has 3 aliphatic rings. The van der Waals surface area contributed by atoms with Crippen LogP contribution in [0.2, 0.25) is 0 Å². The molecule has 164 valence electrons. The third-order valence-electron chi connectivity index (χ3n) is 6.47. The minimum absolute atomic E-state index is 0.0803. The first-order valence-electron chi connectivity index (χ1n) is 11.0. The van der Waals surface area contributed by atoms with Crippen LogP contribution < -0.4 is 15.0 Å². The van der Waals surface area contributed by atoms with Crippen molar-refractivity contribution < 1.29 is 14.3 Å². The summed E-state index contributed by atoms with van der Waals surface area (Å²) >= 11 is 0. The van der Waals surface area contributed by atoms with E-state index in [1.165, 1.54) is 4.90 Å². The fourth-order valence-electron chi connectivity index (χ4n) is 5.00. The number of carbonyl (C=O) groups excluding carboxylic acids is 2. The Morgan fingerprint density at radius 1 is 1.17 bits per heavy atom. The fourth-order valence-corrected chi connectivity index (χ4v) is 5.00. The molecule has 3 fully saturated rings. The van der Waals surface area contributed by atoms with E-state index in [-0.39, 0.29) is 30.4 Å². The largest absolute Gasteiger partial charge is 0.495 e. The van der Waals surface area contributed by atoms with E-state index in [9.17, 15) is 9.59 Å². The molecule has 3 amide bonds. The lowest BCUT2D eigenvalue weighted by molar-refractivity contribution is -0.138. The van der Waals surface area contributed by atoms with Crippen molar-refractivity contribution in [3.05, 3.63) is 24.3 Å². The van der Waals surface area contributed by atoms with Gasteiger partial charge in [-0.3, -0.25) is 19.9 Å². The third-order valence-corrected chi connectivity index (χ3v) is 6.47. The molecule has 0 aliphatic carbocycles. The molecule has 8 heteroatoms. The van der Waals surface area contributed by atoms with Gasteiger partial charge in [0.1, 0.15) is 24.2 Å². The van der Waals surface area contributed by atoms with Gasteiger partial charge in [-0.15, -0.1) is 0 Å². The maximum atomic E-state index is 13.4. The molecule has 4 rings (SSSR count). The molecule has 30 heavy (non-hydrogen) atoms. The van der Waals surface area contributed by atoms with E-state index in [1.54, 1.807) is 19.1 Å². The van der Waals surface area contributed by atoms with Crippen LogP contribution in [0.4, 0.5) is 10.5 Å². The van der Waals surface area contributed by atoms with Gasteiger partial charge in [-0.05, 0) is 24.5 Å². The Morgan fingerprint density at radius 2 is 1.93 bits per heavy atom. The number of anilines is 1. The summed E-state index contributed by atoms with van der Waals surface area (Å²) in [6.07, 6.45) is 2.42. The molecule has 1 aromatic carbocycles. The highest BCUT2D eigenvalue weighted by molar-refractivity contribution is 6.00. The van der Waals surface area contributed by atoms with Crippen molar-refractivity contribution in [2.75, 3.05) is 38.7 Å². The van der Waals surface area contributed by atoms with Crippen LogP contribution in [0, 0.1) is 5.92 Å². The first-order chi connectivity index (χ1) is 14.5. The van der Waals surface area contributed by atoms with Crippen molar-refractivity contribution >= 4 is 17.6 Å². The maximum Gasteiger partial charge on any atom is 0.327 e. The molecule has 4 unspecified atom stereocenters. The Hall–Kier alpha value is -2.32. The van der Waals surface area contributed by atoms with Gasteiger partial charge in [-0.2, -0.15) is 0 Å². The Labute approximate surface area is 178 Å². The number of para-hydroxylation sites is 2. The number of nitrogens with zero attached hydrogens (tertiary/aromatic N) is 4. The van der Waals surface area contributed by atoms with Crippen molar-refractivity contribution in [2.24, 2.45) is 5.92 Å². The van der Waals surface area contributed by atoms with Gasteiger partial charge in [0.15, 0.2) is 0 Å². The average molecular weight is 416 g/mol. The van der Waals surface area contributed by atoms with Crippen molar-refractivity contribution in [3.8, 4) is 5.75 Å². The second-order valence-electron chi connectivity index (χ2n) is 8.65. The smallest absolute Gasteiger partial charge is 0.327 e. The van der Waals surface area contributed by atoms with Crippen LogP contribution >= 0.6 is 0 Å². The lowest BCUT2D eigenvalue weighted by Crippen LogP contribution is -2.66. The molecule has 3 saturated heterocycles. The van der Waals surface area contributed by atoms with E-state index in [2.05, 4.69) is 29.0 Å². The molecule has 4 atom stereocenters. The number of hydrogen-bond donors (Lipinski definition) is 1. The quantitative estimate of drug-likeness (QED) is 0.718. The van der Waals surface area contributed by atoms with Crippen molar-refractivity contribution in [2.45, 2.75) is 51.6 Å². The fraction of sp³-hybridized carbons (Fsp3) is 0.636. The van der Waals surface area contributed by atoms with Gasteiger partial charge < -0.3 is 14.5 Å². The number of hydrogen-bond acceptors (Lipinski definition) is 6. The minimum atomic E-state index is -0.376. The van der Waals surface area contributed by atoms with Gasteiger partial charge in [0.05, 0.1) is 12.8 Å². The van der Waals surface area contributed by atoms with Crippen molar-refractivity contribution in [1.29, 1.82) is 0 Å². The highest BCUT2D eigenvalue weighted by Crippen LogP contribution is 2.37. The van der Waals surface area contributed by atoms with E-state index in [0.29, 0.717) is 12.5 Å². The number of fused-ring (bicyclic) bond motifs is 3. The third kappa shape index (κ3) is 3.41. The van der Waals surface area contributed by atoms with E-state index in [0.717, 1.165) is 43.8 Å². The molecule has 3 aliphatic heterocycles. The number of amides is 3. The summed E-state index contributed by atoms with van der Waals surface area (Å²) in [6.45, 7) is 6.46. The number of unbranched alkanes of at least 4 members (excludes halogenated alkanes) is 2. The second kappa shape index (κ2) is 8.43. The lowest BCUT2D eigenvalue weighted by atomic mass is 10.0. The number of benzene rings is 1. The predicted octanol–water partition coefficient (Wildman–Crippen LogP) is 2.12. The van der Waals surface area contributed by atoms with Crippen LogP contribution in [-0.2, 0) is 4.79 Å². The maximum absolute atomic E-state index is 13.4. The number of ether oxygens (including phenoxy) is 1. The van der Waals surface area contributed by atoms with Crippen LogP contribution in [0.25, 0.3) is 0 Å². The first-order valence-corrected chi connectivity index (χ1v) is 11.0. The highest BCUT2D eigenvalue weighted by Gasteiger charge is 2.56. The number of nitrogens with one attached hydrogen (secondary N) is 1. The van der Waals surface area contributed by atoms with Crippen LogP contribution in [0.5, 0.6) is 5.75 Å². The molecule has 3 heterocycles. The SMILES string of the molecule is CCCCCN1C(=O)C2C(NC3N(c4ccccc4OC)CC(C)CN23)N(C)C1=O. The van der Waals surface area contributed by atoms with E-state index in [1.807, 2.05) is 24.3 Å². The number of likely N-dealkylation sites (N-methyl/N-ethyl adjacent to an activating group) is 1. The zero-order valence-electron chi connectivity index (χ0n) is 18.4. The minimum Gasteiger partial charge on any atom is -0.495 e. The highest BCUT2D eigenvalue weighted by atomic mass is 16.5. The molecular formula is C22H33N5O3. The van der Waals surface area contributed by atoms with E-state index < -0.39 is 0 Å². The zero-order chi connectivity index (χ0) is 21.4. The number of methoxy groups -OCH3 is 1. The van der Waals surface area contributed by atoms with Crippen LogP contribution in [0.1, 0.15) is 33.1 Å². The van der Waals surface area contributed by atoms with Crippen LogP contribution in [0.3, 0.4) is 0 Å². The molecule has 0 spiro atoms. The standard InChI is InChI=1S/C22H33N5O3/c1-5-6-9-12-25-20(28)18-19(24(3)22(25)29)23-21-26(13-15(2)14-27(18)21)16-10-7-8-11-17(16)30-4/h7-8,10-11,15,18-19,21,23H,5-6,9,12-14H2,1-4H3. The molecule has 8 nitrogen and oxygen atoms in total. The number of rotatable bonds is 6. The Balaban J connectivity index is 1.64. The van der Waals surface area contributed by atoms with Crippen molar-refractivity contribution in [1.82, 2.24) is 20.0 Å². The van der Waals surface area contributed by atoms with Gasteiger partial charge in [-0.25, -0.2) is 4.79 Å². The van der Waals surface area contributed by atoms with Gasteiger partial charge >= 0.3 is 6.03 Å². The summed E-state index contributed by atoms with van der Waals surface area (Å²) in [4.78, 5) is 34.0. The molecule has 0 saturated carbocycles. The van der Waals surface area contributed by atoms with Crippen LogP contribution in [-0.4, -0.2) is 78.9 Å². The number of urea groups is 1. The molecule has 0 bridgehead atoms. The normalized spacial score (nSPS) is 29.3. The topological polar surface area (TPSA) is 68.4 Å². The molecular weight excluding hydrogens is 382 g/mol. The Bertz CT molecular complexity index is 803. The molecule has 0 radical (unpaired) electrons. The number of carbonyl (C=O) groups is 2. The van der Waals surface area contributed by atoms with Crippen molar-refractivity contribution in [3.63, 3.8) is 0 Å². The summed E-state index contributed by atoms with van der Waals surface area (Å²) in [7, 11) is 3.47. The average Bonchev–Trinajstić information content (AvgIpc) is 3.13. The summed E-state index contributed by atoms with van der Waals surface area (Å²) in [5.74, 6) is 1.10. The predicted molar refractivity (Wildman–Crippen MR) is 115 cm³/mol. The molecule has 1 N–H and O–H groups in total. The molecule has 1 aromatic rings. The second-order valence-corrected chi connectivity index (χ2v) is 8.65. The summed E-state index contributed by atoms with van der Waals surface area (Å²) < 4.78 is 5.60. The summed E-state index contributed by atoms with van der Waals surface area (Å²) in [5.41, 5.74) is 0.994. The number of imide groups is 1. The Morgan fingerprint density at radius 3 is 2.67 bits per heavy atom. The van der Waals surface area contributed by atoms with Gasteiger partial charge in [0.25, 0.3) is 5.91 Å². The Kier molecular flexibility index (Phi) is 5.88. The summed E-state index contributed by atoms with van der Waals surface area (Å²) in [5, 5.41) is 3.57. The molecule has 0 aromatic heterocycles. The zero-order valence-corrected chi connectivity index (χ0v) is 18.4. The summed E-state index contributed by atoms with van der Waals surface area (Å²) in [6, 6.07) is 7.38. The van der Waals surface area contributed by atoms with Gasteiger partial charge in [0, 0.05) is 26.7 Å². The first kappa shape index (κ1) is 20.9. The van der Waals surface area contributed by atoms with E-state index >= 15 is 0 Å². The van der Waals surface area contributed by atoms with Gasteiger partial charge in [0.2, 0.25) is 0 Å². The van der Waals surface area contributed by atoms with Gasteiger partial charge in [-0.1, -0.05) is 38.8 Å². The van der Waals surface area contributed by atoms with E-state index in [4.69, 9.17) is 4.74 Å². The lowest BCUT2D eigenvalue weighted by Gasteiger charge is -2.46.